The molecule has 0 aliphatic heterocycles. The van der Waals surface area contributed by atoms with Crippen LogP contribution in [0.3, 0.4) is 0 Å². The van der Waals surface area contributed by atoms with E-state index >= 15 is 0 Å². The third-order valence-electron chi connectivity index (χ3n) is 3.61. The number of hydrogen-bond donors (Lipinski definition) is 2. The lowest BCUT2D eigenvalue weighted by molar-refractivity contribution is -0.119. The molecule has 0 radical (unpaired) electrons. The third kappa shape index (κ3) is 5.25. The number of carbonyl (C=O) groups is 1. The van der Waals surface area contributed by atoms with Crippen LogP contribution in [0.4, 0.5) is 0 Å². The molecule has 0 aliphatic carbocycles. The van der Waals surface area contributed by atoms with Crippen molar-refractivity contribution in [2.45, 2.75) is 31.6 Å². The molecule has 0 bridgehead atoms. The molecular formula is C15H23NO2S. The van der Waals surface area contributed by atoms with Crippen molar-refractivity contribution in [2.24, 2.45) is 5.41 Å². The Kier molecular flexibility index (Phi) is 6.95. The Bertz CT molecular complexity index is 369. The lowest BCUT2D eigenvalue weighted by Gasteiger charge is -2.29. The Balaban J connectivity index is 2.35. The number of rotatable bonds is 8. The molecule has 0 aromatic heterocycles. The predicted molar refractivity (Wildman–Crippen MR) is 80.3 cm³/mol. The maximum Gasteiger partial charge on any atom is 0.230 e. The second kappa shape index (κ2) is 8.23. The van der Waals surface area contributed by atoms with Crippen molar-refractivity contribution in [3.63, 3.8) is 0 Å². The lowest BCUT2D eigenvalue weighted by atomic mass is 9.83. The molecule has 0 aliphatic rings. The molecule has 4 heteroatoms. The smallest absolute Gasteiger partial charge is 0.230 e. The average Bonchev–Trinajstić information content (AvgIpc) is 2.48. The minimum atomic E-state index is -0.174. The molecule has 0 heterocycles. The van der Waals surface area contributed by atoms with E-state index in [1.807, 2.05) is 44.2 Å². The second-order valence-corrected chi connectivity index (χ2v) is 5.79. The highest BCUT2D eigenvalue weighted by Crippen LogP contribution is 2.24. The SMILES string of the molecule is CCC(CC)(CO)CNC(=O)CSc1ccccc1. The standard InChI is InChI=1S/C15H23NO2S/c1-3-15(4-2,12-17)11-16-14(18)10-19-13-8-6-5-7-9-13/h5-9,17H,3-4,10-12H2,1-2H3,(H,16,18). The molecule has 1 amide bonds. The van der Waals surface area contributed by atoms with Crippen molar-refractivity contribution in [3.8, 4) is 0 Å². The van der Waals surface area contributed by atoms with Crippen molar-refractivity contribution in [1.82, 2.24) is 5.32 Å². The zero-order valence-electron chi connectivity index (χ0n) is 11.7. The van der Waals surface area contributed by atoms with Gasteiger partial charge < -0.3 is 10.4 Å². The Morgan fingerprint density at radius 3 is 2.42 bits per heavy atom. The Morgan fingerprint density at radius 2 is 1.89 bits per heavy atom. The molecule has 0 fully saturated rings. The average molecular weight is 281 g/mol. The second-order valence-electron chi connectivity index (χ2n) is 4.74. The first kappa shape index (κ1) is 16.1. The van der Waals surface area contributed by atoms with Gasteiger partial charge in [-0.25, -0.2) is 0 Å². The fourth-order valence-electron chi connectivity index (χ4n) is 1.78. The summed E-state index contributed by atoms with van der Waals surface area (Å²) in [5, 5.41) is 12.4. The number of carbonyl (C=O) groups excluding carboxylic acids is 1. The van der Waals surface area contributed by atoms with Gasteiger partial charge in [0, 0.05) is 16.9 Å². The predicted octanol–water partition coefficient (Wildman–Crippen LogP) is 2.69. The normalized spacial score (nSPS) is 11.3. The number of hydrogen-bond acceptors (Lipinski definition) is 3. The summed E-state index contributed by atoms with van der Waals surface area (Å²) in [7, 11) is 0. The molecule has 1 aromatic rings. The van der Waals surface area contributed by atoms with Gasteiger partial charge in [0.15, 0.2) is 0 Å². The maximum absolute atomic E-state index is 11.8. The summed E-state index contributed by atoms with van der Waals surface area (Å²) < 4.78 is 0. The van der Waals surface area contributed by atoms with Crippen LogP contribution in [-0.2, 0) is 4.79 Å². The summed E-state index contributed by atoms with van der Waals surface area (Å²) in [4.78, 5) is 12.9. The van der Waals surface area contributed by atoms with Gasteiger partial charge in [-0.2, -0.15) is 0 Å². The van der Waals surface area contributed by atoms with E-state index in [1.54, 1.807) is 0 Å². The molecule has 3 nitrogen and oxygen atoms in total. The molecular weight excluding hydrogens is 258 g/mol. The monoisotopic (exact) mass is 281 g/mol. The van der Waals surface area contributed by atoms with E-state index in [2.05, 4.69) is 5.32 Å². The van der Waals surface area contributed by atoms with Gasteiger partial charge in [-0.15, -0.1) is 11.8 Å². The Hall–Kier alpha value is -1.00. The number of nitrogens with one attached hydrogen (secondary N) is 1. The van der Waals surface area contributed by atoms with Crippen LogP contribution < -0.4 is 5.32 Å². The summed E-state index contributed by atoms with van der Waals surface area (Å²) in [6.45, 7) is 4.76. The van der Waals surface area contributed by atoms with Gasteiger partial charge in [0.2, 0.25) is 5.91 Å². The number of aliphatic hydroxyl groups is 1. The number of aliphatic hydroxyl groups excluding tert-OH is 1. The zero-order chi connectivity index (χ0) is 14.1. The summed E-state index contributed by atoms with van der Waals surface area (Å²) in [5.41, 5.74) is -0.174. The number of amides is 1. The van der Waals surface area contributed by atoms with E-state index in [0.29, 0.717) is 12.3 Å². The van der Waals surface area contributed by atoms with Crippen LogP contribution >= 0.6 is 11.8 Å². The van der Waals surface area contributed by atoms with Crippen molar-refractivity contribution >= 4 is 17.7 Å². The van der Waals surface area contributed by atoms with E-state index in [1.165, 1.54) is 11.8 Å². The summed E-state index contributed by atoms with van der Waals surface area (Å²) in [5.74, 6) is 0.437. The summed E-state index contributed by atoms with van der Waals surface area (Å²) in [6, 6.07) is 9.88. The molecule has 0 saturated carbocycles. The Labute approximate surface area is 119 Å². The van der Waals surface area contributed by atoms with Crippen LogP contribution in [0.2, 0.25) is 0 Å². The van der Waals surface area contributed by atoms with E-state index in [4.69, 9.17) is 0 Å². The first-order valence-corrected chi connectivity index (χ1v) is 7.69. The van der Waals surface area contributed by atoms with E-state index < -0.39 is 0 Å². The minimum Gasteiger partial charge on any atom is -0.396 e. The molecule has 0 spiro atoms. The summed E-state index contributed by atoms with van der Waals surface area (Å²) >= 11 is 1.53. The van der Waals surface area contributed by atoms with Gasteiger partial charge in [0.05, 0.1) is 12.4 Å². The highest BCUT2D eigenvalue weighted by atomic mass is 32.2. The van der Waals surface area contributed by atoms with Crippen molar-refractivity contribution in [2.75, 3.05) is 18.9 Å². The van der Waals surface area contributed by atoms with Crippen LogP contribution in [-0.4, -0.2) is 29.9 Å². The highest BCUT2D eigenvalue weighted by Gasteiger charge is 2.25. The van der Waals surface area contributed by atoms with Gasteiger partial charge >= 0.3 is 0 Å². The molecule has 1 aromatic carbocycles. The molecule has 0 saturated heterocycles. The zero-order valence-corrected chi connectivity index (χ0v) is 12.5. The molecule has 19 heavy (non-hydrogen) atoms. The Morgan fingerprint density at radius 1 is 1.26 bits per heavy atom. The molecule has 0 unspecified atom stereocenters. The van der Waals surface area contributed by atoms with Gasteiger partial charge in [0.25, 0.3) is 0 Å². The van der Waals surface area contributed by atoms with Crippen LogP contribution in [0.5, 0.6) is 0 Å². The van der Waals surface area contributed by atoms with E-state index in [0.717, 1.165) is 17.7 Å². The van der Waals surface area contributed by atoms with Crippen molar-refractivity contribution in [1.29, 1.82) is 0 Å². The first-order chi connectivity index (χ1) is 9.15. The van der Waals surface area contributed by atoms with Gasteiger partial charge in [-0.1, -0.05) is 32.0 Å². The molecule has 2 N–H and O–H groups in total. The van der Waals surface area contributed by atoms with Crippen LogP contribution in [0, 0.1) is 5.41 Å². The fraction of sp³-hybridized carbons (Fsp3) is 0.533. The summed E-state index contributed by atoms with van der Waals surface area (Å²) in [6.07, 6.45) is 1.73. The van der Waals surface area contributed by atoms with E-state index in [9.17, 15) is 9.90 Å². The third-order valence-corrected chi connectivity index (χ3v) is 4.62. The van der Waals surface area contributed by atoms with Crippen molar-refractivity contribution < 1.29 is 9.90 Å². The quantitative estimate of drug-likeness (QED) is 0.720. The number of benzene rings is 1. The molecule has 0 atom stereocenters. The first-order valence-electron chi connectivity index (χ1n) is 6.71. The van der Waals surface area contributed by atoms with Gasteiger partial charge in [0.1, 0.15) is 0 Å². The molecule has 1 rings (SSSR count). The van der Waals surface area contributed by atoms with Crippen LogP contribution in [0.15, 0.2) is 35.2 Å². The van der Waals surface area contributed by atoms with Crippen molar-refractivity contribution in [3.05, 3.63) is 30.3 Å². The molecule has 106 valence electrons. The van der Waals surface area contributed by atoms with Gasteiger partial charge in [-0.05, 0) is 25.0 Å². The van der Waals surface area contributed by atoms with E-state index in [-0.39, 0.29) is 17.9 Å². The van der Waals surface area contributed by atoms with Crippen LogP contribution in [0.25, 0.3) is 0 Å². The minimum absolute atomic E-state index is 0.0218. The highest BCUT2D eigenvalue weighted by molar-refractivity contribution is 8.00. The maximum atomic E-state index is 11.8. The lowest BCUT2D eigenvalue weighted by Crippen LogP contribution is -2.40. The fourth-order valence-corrected chi connectivity index (χ4v) is 2.53. The number of thioether (sulfide) groups is 1. The van der Waals surface area contributed by atoms with Crippen LogP contribution in [0.1, 0.15) is 26.7 Å². The largest absolute Gasteiger partial charge is 0.396 e. The topological polar surface area (TPSA) is 49.3 Å². The van der Waals surface area contributed by atoms with Gasteiger partial charge in [-0.3, -0.25) is 4.79 Å².